The van der Waals surface area contributed by atoms with Crippen LogP contribution in [-0.4, -0.2) is 50.1 Å². The fourth-order valence-electron chi connectivity index (χ4n) is 2.48. The van der Waals surface area contributed by atoms with Crippen LogP contribution >= 0.6 is 0 Å². The molecule has 0 bridgehead atoms. The highest BCUT2D eigenvalue weighted by atomic mass is 16.5. The minimum Gasteiger partial charge on any atom is -0.493 e. The number of ether oxygens (including phenoxy) is 2. The van der Waals surface area contributed by atoms with Crippen molar-refractivity contribution in [1.29, 1.82) is 0 Å². The van der Waals surface area contributed by atoms with E-state index in [0.717, 1.165) is 25.9 Å². The van der Waals surface area contributed by atoms with Gasteiger partial charge in [-0.2, -0.15) is 0 Å². The monoisotopic (exact) mass is 320 g/mol. The maximum absolute atomic E-state index is 12.0. The molecule has 1 aromatic carbocycles. The van der Waals surface area contributed by atoms with E-state index in [9.17, 15) is 9.59 Å². The van der Waals surface area contributed by atoms with Gasteiger partial charge in [-0.1, -0.05) is 19.1 Å². The predicted molar refractivity (Wildman–Crippen MR) is 86.5 cm³/mol. The molecule has 0 radical (unpaired) electrons. The Balaban J connectivity index is 1.71. The second kappa shape index (κ2) is 8.41. The number of carbonyl (C=O) groups is 2. The number of hydrogen-bond donors (Lipinski definition) is 1. The Kier molecular flexibility index (Phi) is 6.26. The molecule has 1 N–H and O–H groups in total. The molecule has 0 aliphatic carbocycles. The molecule has 6 heteroatoms. The molecule has 0 atom stereocenters. The Hall–Kier alpha value is -2.24. The molecule has 1 heterocycles. The minimum absolute atomic E-state index is 0.0164. The first-order valence-electron chi connectivity index (χ1n) is 7.90. The van der Waals surface area contributed by atoms with Crippen molar-refractivity contribution in [3.8, 4) is 11.5 Å². The number of carbonyl (C=O) groups excluding carboxylic acids is 2. The van der Waals surface area contributed by atoms with Crippen LogP contribution in [-0.2, 0) is 9.59 Å². The normalized spacial score (nSPS) is 15.1. The predicted octanol–water partition coefficient (Wildman–Crippen LogP) is 1.45. The lowest BCUT2D eigenvalue weighted by atomic mass is 9.99. The first kappa shape index (κ1) is 17.1. The van der Waals surface area contributed by atoms with Crippen molar-refractivity contribution in [2.75, 3.05) is 33.4 Å². The van der Waals surface area contributed by atoms with Gasteiger partial charge in [-0.25, -0.2) is 0 Å². The Morgan fingerprint density at radius 1 is 1.22 bits per heavy atom. The maximum atomic E-state index is 12.0. The van der Waals surface area contributed by atoms with Crippen molar-refractivity contribution in [2.45, 2.75) is 19.8 Å². The lowest BCUT2D eigenvalue weighted by molar-refractivity contribution is -0.134. The Bertz CT molecular complexity index is 539. The van der Waals surface area contributed by atoms with Crippen LogP contribution in [0.25, 0.3) is 0 Å². The van der Waals surface area contributed by atoms with Gasteiger partial charge in [-0.15, -0.1) is 0 Å². The summed E-state index contributed by atoms with van der Waals surface area (Å²) < 4.78 is 10.6. The number of hydrogen-bond acceptors (Lipinski definition) is 4. The van der Waals surface area contributed by atoms with Gasteiger partial charge >= 0.3 is 0 Å². The molecular formula is C17H24N2O4. The number of amides is 2. The first-order chi connectivity index (χ1) is 11.1. The lowest BCUT2D eigenvalue weighted by Gasteiger charge is -2.30. The second-order valence-corrected chi connectivity index (χ2v) is 5.78. The summed E-state index contributed by atoms with van der Waals surface area (Å²) in [5.74, 6) is 1.38. The molecule has 2 rings (SSSR count). The SMILES string of the molecule is COc1ccccc1OCC(=O)NCC(=O)N1CCC(C)CC1. The molecule has 2 amide bonds. The molecule has 23 heavy (non-hydrogen) atoms. The summed E-state index contributed by atoms with van der Waals surface area (Å²) in [4.78, 5) is 25.6. The highest BCUT2D eigenvalue weighted by molar-refractivity contribution is 5.85. The van der Waals surface area contributed by atoms with Gasteiger partial charge in [0.15, 0.2) is 18.1 Å². The van der Waals surface area contributed by atoms with Crippen LogP contribution in [0.3, 0.4) is 0 Å². The van der Waals surface area contributed by atoms with Gasteiger partial charge in [0.25, 0.3) is 5.91 Å². The highest BCUT2D eigenvalue weighted by Crippen LogP contribution is 2.25. The van der Waals surface area contributed by atoms with Crippen LogP contribution in [0, 0.1) is 5.92 Å². The van der Waals surface area contributed by atoms with Crippen LogP contribution in [0.2, 0.25) is 0 Å². The van der Waals surface area contributed by atoms with Crippen LogP contribution < -0.4 is 14.8 Å². The average molecular weight is 320 g/mol. The van der Waals surface area contributed by atoms with E-state index in [1.807, 2.05) is 6.07 Å². The zero-order valence-corrected chi connectivity index (χ0v) is 13.7. The molecule has 0 aromatic heterocycles. The number of nitrogens with one attached hydrogen (secondary N) is 1. The van der Waals surface area contributed by atoms with Gasteiger partial charge < -0.3 is 19.7 Å². The fourth-order valence-corrected chi connectivity index (χ4v) is 2.48. The molecule has 1 aliphatic rings. The van der Waals surface area contributed by atoms with E-state index in [4.69, 9.17) is 9.47 Å². The summed E-state index contributed by atoms with van der Waals surface area (Å²) in [6.45, 7) is 3.60. The lowest BCUT2D eigenvalue weighted by Crippen LogP contribution is -2.44. The zero-order chi connectivity index (χ0) is 16.7. The molecule has 1 saturated heterocycles. The van der Waals surface area contributed by atoms with Crippen molar-refractivity contribution in [3.05, 3.63) is 24.3 Å². The number of para-hydroxylation sites is 2. The van der Waals surface area contributed by atoms with Gasteiger partial charge in [0.2, 0.25) is 5.91 Å². The third kappa shape index (κ3) is 5.16. The summed E-state index contributed by atoms with van der Waals surface area (Å²) in [5, 5.41) is 2.60. The van der Waals surface area contributed by atoms with Crippen molar-refractivity contribution in [2.24, 2.45) is 5.92 Å². The van der Waals surface area contributed by atoms with Crippen molar-refractivity contribution in [3.63, 3.8) is 0 Å². The number of methoxy groups -OCH3 is 1. The molecule has 0 unspecified atom stereocenters. The van der Waals surface area contributed by atoms with E-state index in [2.05, 4.69) is 12.2 Å². The summed E-state index contributed by atoms with van der Waals surface area (Å²) >= 11 is 0. The van der Waals surface area contributed by atoms with E-state index >= 15 is 0 Å². The third-order valence-corrected chi connectivity index (χ3v) is 4.00. The minimum atomic E-state index is -0.324. The standard InChI is InChI=1S/C17H24N2O4/c1-13-7-9-19(10-8-13)17(21)11-18-16(20)12-23-15-6-4-3-5-14(15)22-2/h3-6,13H,7-12H2,1-2H3,(H,18,20). The topological polar surface area (TPSA) is 67.9 Å². The van der Waals surface area contributed by atoms with Crippen LogP contribution in [0.4, 0.5) is 0 Å². The number of rotatable bonds is 6. The fraction of sp³-hybridized carbons (Fsp3) is 0.529. The van der Waals surface area contributed by atoms with Crippen LogP contribution in [0.5, 0.6) is 11.5 Å². The largest absolute Gasteiger partial charge is 0.493 e. The quantitative estimate of drug-likeness (QED) is 0.861. The summed E-state index contributed by atoms with van der Waals surface area (Å²) in [6, 6.07) is 7.11. The van der Waals surface area contributed by atoms with Crippen molar-refractivity contribution >= 4 is 11.8 Å². The van der Waals surface area contributed by atoms with E-state index in [1.165, 1.54) is 0 Å². The Labute approximate surface area is 136 Å². The average Bonchev–Trinajstić information content (AvgIpc) is 2.58. The van der Waals surface area contributed by atoms with Gasteiger partial charge in [0.05, 0.1) is 13.7 Å². The van der Waals surface area contributed by atoms with Crippen molar-refractivity contribution in [1.82, 2.24) is 10.2 Å². The molecule has 0 saturated carbocycles. The summed E-state index contributed by atoms with van der Waals surface area (Å²) in [6.07, 6.45) is 2.05. The summed E-state index contributed by atoms with van der Waals surface area (Å²) in [5.41, 5.74) is 0. The van der Waals surface area contributed by atoms with Gasteiger partial charge in [-0.05, 0) is 30.9 Å². The number of nitrogens with zero attached hydrogens (tertiary/aromatic N) is 1. The molecular weight excluding hydrogens is 296 g/mol. The molecule has 0 spiro atoms. The Morgan fingerprint density at radius 3 is 2.52 bits per heavy atom. The van der Waals surface area contributed by atoms with E-state index < -0.39 is 0 Å². The van der Waals surface area contributed by atoms with Gasteiger partial charge in [0, 0.05) is 13.1 Å². The second-order valence-electron chi connectivity index (χ2n) is 5.78. The zero-order valence-electron chi connectivity index (χ0n) is 13.7. The summed E-state index contributed by atoms with van der Waals surface area (Å²) in [7, 11) is 1.54. The van der Waals surface area contributed by atoms with E-state index in [1.54, 1.807) is 30.2 Å². The maximum Gasteiger partial charge on any atom is 0.258 e. The molecule has 1 fully saturated rings. The van der Waals surface area contributed by atoms with Crippen LogP contribution in [0.1, 0.15) is 19.8 Å². The number of likely N-dealkylation sites (tertiary alicyclic amines) is 1. The van der Waals surface area contributed by atoms with E-state index in [-0.39, 0.29) is 25.0 Å². The van der Waals surface area contributed by atoms with Gasteiger partial charge in [-0.3, -0.25) is 9.59 Å². The highest BCUT2D eigenvalue weighted by Gasteiger charge is 2.20. The smallest absolute Gasteiger partial charge is 0.258 e. The number of benzene rings is 1. The van der Waals surface area contributed by atoms with E-state index in [0.29, 0.717) is 17.4 Å². The third-order valence-electron chi connectivity index (χ3n) is 4.00. The van der Waals surface area contributed by atoms with Crippen molar-refractivity contribution < 1.29 is 19.1 Å². The first-order valence-corrected chi connectivity index (χ1v) is 7.90. The molecule has 1 aliphatic heterocycles. The van der Waals surface area contributed by atoms with Gasteiger partial charge in [0.1, 0.15) is 0 Å². The molecule has 1 aromatic rings. The number of piperidine rings is 1. The Morgan fingerprint density at radius 2 is 1.87 bits per heavy atom. The molecule has 126 valence electrons. The van der Waals surface area contributed by atoms with Crippen LogP contribution in [0.15, 0.2) is 24.3 Å². The molecule has 6 nitrogen and oxygen atoms in total.